The minimum atomic E-state index is -0.288. The first-order valence-electron chi connectivity index (χ1n) is 6.44. The quantitative estimate of drug-likeness (QED) is 0.903. The van der Waals surface area contributed by atoms with Crippen LogP contribution >= 0.6 is 11.3 Å². The third-order valence-corrected chi connectivity index (χ3v) is 4.14. The van der Waals surface area contributed by atoms with Crippen LogP contribution in [0.25, 0.3) is 0 Å². The molecule has 2 rings (SSSR count). The van der Waals surface area contributed by atoms with Crippen LogP contribution in [0.4, 0.5) is 5.13 Å². The van der Waals surface area contributed by atoms with E-state index in [9.17, 15) is 9.59 Å². The average Bonchev–Trinajstić information content (AvgIpc) is 2.95. The maximum Gasteiger partial charge on any atom is 0.231 e. The largest absolute Gasteiger partial charge is 0.339 e. The van der Waals surface area contributed by atoms with Crippen molar-refractivity contribution in [2.24, 2.45) is 5.92 Å². The smallest absolute Gasteiger partial charge is 0.231 e. The number of hydrogen-bond acceptors (Lipinski definition) is 5. The normalized spacial score (nSPS) is 19.3. The highest BCUT2D eigenvalue weighted by Gasteiger charge is 2.35. The number of aryl methyl sites for hydroxylation is 1. The Morgan fingerprint density at radius 2 is 2.26 bits per heavy atom. The summed E-state index contributed by atoms with van der Waals surface area (Å²) >= 11 is 1.38. The van der Waals surface area contributed by atoms with Crippen molar-refractivity contribution in [2.75, 3.05) is 11.9 Å². The van der Waals surface area contributed by atoms with Gasteiger partial charge in [0.05, 0.1) is 5.92 Å². The number of anilines is 1. The molecule has 2 amide bonds. The molecule has 1 aromatic rings. The van der Waals surface area contributed by atoms with E-state index in [1.807, 2.05) is 20.8 Å². The molecule has 1 N–H and O–H groups in total. The van der Waals surface area contributed by atoms with Crippen LogP contribution in [0, 0.1) is 5.92 Å². The molecular weight excluding hydrogens is 264 g/mol. The zero-order valence-electron chi connectivity index (χ0n) is 11.3. The van der Waals surface area contributed by atoms with Gasteiger partial charge in [-0.2, -0.15) is 0 Å². The molecule has 1 atom stereocenters. The Hall–Kier alpha value is -1.50. The van der Waals surface area contributed by atoms with E-state index in [0.717, 1.165) is 11.4 Å². The molecule has 7 heteroatoms. The number of likely N-dealkylation sites (tertiary alicyclic amines) is 1. The van der Waals surface area contributed by atoms with Crippen molar-refractivity contribution < 1.29 is 9.59 Å². The Kier molecular flexibility index (Phi) is 4.14. The van der Waals surface area contributed by atoms with Crippen LogP contribution in [0.5, 0.6) is 0 Å². The van der Waals surface area contributed by atoms with E-state index >= 15 is 0 Å². The van der Waals surface area contributed by atoms with Gasteiger partial charge in [-0.1, -0.05) is 18.3 Å². The van der Waals surface area contributed by atoms with Crippen LogP contribution in [-0.2, 0) is 16.0 Å². The molecule has 1 aliphatic rings. The van der Waals surface area contributed by atoms with Crippen LogP contribution in [0.1, 0.15) is 32.2 Å². The van der Waals surface area contributed by atoms with Gasteiger partial charge in [0.25, 0.3) is 0 Å². The van der Waals surface area contributed by atoms with Crippen molar-refractivity contribution in [1.82, 2.24) is 15.1 Å². The predicted molar refractivity (Wildman–Crippen MR) is 72.9 cm³/mol. The number of hydrogen-bond donors (Lipinski definition) is 1. The van der Waals surface area contributed by atoms with Gasteiger partial charge in [0.15, 0.2) is 0 Å². The van der Waals surface area contributed by atoms with Gasteiger partial charge in [-0.05, 0) is 20.3 Å². The zero-order chi connectivity index (χ0) is 14.0. The summed E-state index contributed by atoms with van der Waals surface area (Å²) in [6.45, 7) is 6.39. The minimum absolute atomic E-state index is 0.0432. The van der Waals surface area contributed by atoms with Crippen LogP contribution in [0.2, 0.25) is 0 Å². The van der Waals surface area contributed by atoms with E-state index in [2.05, 4.69) is 15.5 Å². The van der Waals surface area contributed by atoms with Crippen LogP contribution in [0.3, 0.4) is 0 Å². The number of aromatic nitrogens is 2. The summed E-state index contributed by atoms with van der Waals surface area (Å²) in [6, 6.07) is 0.138. The van der Waals surface area contributed by atoms with Gasteiger partial charge in [0.2, 0.25) is 16.9 Å². The first-order valence-corrected chi connectivity index (χ1v) is 7.25. The second-order valence-corrected chi connectivity index (χ2v) is 5.95. The number of nitrogens with one attached hydrogen (secondary N) is 1. The average molecular weight is 282 g/mol. The second kappa shape index (κ2) is 5.64. The molecule has 0 radical (unpaired) electrons. The summed E-state index contributed by atoms with van der Waals surface area (Å²) in [7, 11) is 0. The summed E-state index contributed by atoms with van der Waals surface area (Å²) in [5, 5.41) is 12.0. The summed E-state index contributed by atoms with van der Waals surface area (Å²) in [6.07, 6.45) is 1.08. The summed E-state index contributed by atoms with van der Waals surface area (Å²) in [4.78, 5) is 25.6. The molecule has 1 aromatic heterocycles. The molecule has 1 fully saturated rings. The topological polar surface area (TPSA) is 75.2 Å². The standard InChI is InChI=1S/C12H18N4O2S/c1-4-9-14-15-12(19-9)13-11(18)8-5-10(17)16(6-8)7(2)3/h7-8H,4-6H2,1-3H3,(H,13,15,18)/t8-/m1/s1. The molecular formula is C12H18N4O2S. The number of nitrogens with zero attached hydrogens (tertiary/aromatic N) is 3. The number of amides is 2. The van der Waals surface area contributed by atoms with E-state index in [1.165, 1.54) is 11.3 Å². The van der Waals surface area contributed by atoms with Crippen molar-refractivity contribution in [3.05, 3.63) is 5.01 Å². The molecule has 0 bridgehead atoms. The fraction of sp³-hybridized carbons (Fsp3) is 0.667. The fourth-order valence-corrected chi connectivity index (χ4v) is 2.74. The SMILES string of the molecule is CCc1nnc(NC(=O)[C@@H]2CC(=O)N(C(C)C)C2)s1. The molecule has 6 nitrogen and oxygen atoms in total. The lowest BCUT2D eigenvalue weighted by atomic mass is 10.1. The summed E-state index contributed by atoms with van der Waals surface area (Å²) in [5.41, 5.74) is 0. The van der Waals surface area contributed by atoms with Crippen molar-refractivity contribution in [3.8, 4) is 0 Å². The van der Waals surface area contributed by atoms with E-state index in [-0.39, 0.29) is 30.2 Å². The number of rotatable bonds is 4. The van der Waals surface area contributed by atoms with Crippen molar-refractivity contribution in [1.29, 1.82) is 0 Å². The maximum atomic E-state index is 12.1. The molecule has 0 saturated carbocycles. The highest BCUT2D eigenvalue weighted by atomic mass is 32.1. The molecule has 2 heterocycles. The van der Waals surface area contributed by atoms with Crippen LogP contribution < -0.4 is 5.32 Å². The second-order valence-electron chi connectivity index (χ2n) is 4.88. The highest BCUT2D eigenvalue weighted by Crippen LogP contribution is 2.23. The molecule has 1 aliphatic heterocycles. The van der Waals surface area contributed by atoms with Gasteiger partial charge in [0, 0.05) is 19.0 Å². The number of carbonyl (C=O) groups excluding carboxylic acids is 2. The fourth-order valence-electron chi connectivity index (χ4n) is 2.06. The van der Waals surface area contributed by atoms with Gasteiger partial charge >= 0.3 is 0 Å². The van der Waals surface area contributed by atoms with Gasteiger partial charge in [-0.15, -0.1) is 10.2 Å². The van der Waals surface area contributed by atoms with Crippen molar-refractivity contribution in [3.63, 3.8) is 0 Å². The van der Waals surface area contributed by atoms with Crippen LogP contribution in [-0.4, -0.2) is 39.5 Å². The molecule has 1 saturated heterocycles. The lowest BCUT2D eigenvalue weighted by Crippen LogP contribution is -2.33. The van der Waals surface area contributed by atoms with E-state index < -0.39 is 0 Å². The first kappa shape index (κ1) is 13.9. The van der Waals surface area contributed by atoms with Gasteiger partial charge in [-0.25, -0.2) is 0 Å². The summed E-state index contributed by atoms with van der Waals surface area (Å²) in [5.74, 6) is -0.388. The van der Waals surface area contributed by atoms with E-state index in [4.69, 9.17) is 0 Å². The summed E-state index contributed by atoms with van der Waals surface area (Å²) < 4.78 is 0. The third kappa shape index (κ3) is 3.09. The lowest BCUT2D eigenvalue weighted by molar-refractivity contribution is -0.129. The molecule has 0 unspecified atom stereocenters. The lowest BCUT2D eigenvalue weighted by Gasteiger charge is -2.20. The van der Waals surface area contributed by atoms with Gasteiger partial charge in [-0.3, -0.25) is 9.59 Å². The Balaban J connectivity index is 1.96. The van der Waals surface area contributed by atoms with Crippen molar-refractivity contribution >= 4 is 28.3 Å². The Morgan fingerprint density at radius 3 is 2.79 bits per heavy atom. The first-order chi connectivity index (χ1) is 9.01. The molecule has 0 spiro atoms. The highest BCUT2D eigenvalue weighted by molar-refractivity contribution is 7.15. The Bertz CT molecular complexity index is 486. The zero-order valence-corrected chi connectivity index (χ0v) is 12.2. The van der Waals surface area contributed by atoms with Crippen LogP contribution in [0.15, 0.2) is 0 Å². The van der Waals surface area contributed by atoms with E-state index in [0.29, 0.717) is 11.7 Å². The molecule has 0 aliphatic carbocycles. The van der Waals surface area contributed by atoms with Gasteiger partial charge < -0.3 is 10.2 Å². The third-order valence-electron chi connectivity index (χ3n) is 3.15. The monoisotopic (exact) mass is 282 g/mol. The molecule has 104 valence electrons. The Morgan fingerprint density at radius 1 is 1.53 bits per heavy atom. The van der Waals surface area contributed by atoms with E-state index in [1.54, 1.807) is 4.90 Å². The molecule has 19 heavy (non-hydrogen) atoms. The predicted octanol–water partition coefficient (Wildman–Crippen LogP) is 1.30. The number of carbonyl (C=O) groups is 2. The van der Waals surface area contributed by atoms with Gasteiger partial charge in [0.1, 0.15) is 5.01 Å². The van der Waals surface area contributed by atoms with Crippen molar-refractivity contribution in [2.45, 2.75) is 39.7 Å². The Labute approximate surface area is 116 Å². The maximum absolute atomic E-state index is 12.1. The molecule has 0 aromatic carbocycles. The minimum Gasteiger partial charge on any atom is -0.339 e.